The van der Waals surface area contributed by atoms with Crippen molar-refractivity contribution >= 4 is 11.0 Å². The first-order valence-electron chi connectivity index (χ1n) is 11.0. The fraction of sp³-hybridized carbons (Fsp3) is 0.375. The van der Waals surface area contributed by atoms with E-state index >= 15 is 0 Å². The van der Waals surface area contributed by atoms with Crippen molar-refractivity contribution in [3.05, 3.63) is 34.5 Å². The van der Waals surface area contributed by atoms with E-state index in [9.17, 15) is 35.4 Å². The second-order valence-electron chi connectivity index (χ2n) is 8.12. The van der Waals surface area contributed by atoms with Gasteiger partial charge in [-0.05, 0) is 18.2 Å². The van der Waals surface area contributed by atoms with Crippen molar-refractivity contribution < 1.29 is 58.7 Å². The maximum Gasteiger partial charge on any atom is 0.229 e. The smallest absolute Gasteiger partial charge is 0.229 e. The van der Waals surface area contributed by atoms with E-state index in [-0.39, 0.29) is 39.7 Å². The molecule has 0 saturated carbocycles. The average Bonchev–Trinajstić information content (AvgIpc) is 2.89. The van der Waals surface area contributed by atoms with E-state index in [1.165, 1.54) is 39.5 Å². The predicted octanol–water partition coefficient (Wildman–Crippen LogP) is 0.0757. The van der Waals surface area contributed by atoms with Gasteiger partial charge in [-0.15, -0.1) is 0 Å². The number of methoxy groups -OCH3 is 3. The molecule has 0 bridgehead atoms. The number of ether oxygens (including phenoxy) is 5. The van der Waals surface area contributed by atoms with Crippen molar-refractivity contribution in [2.45, 2.75) is 30.7 Å². The van der Waals surface area contributed by atoms with Gasteiger partial charge in [0.15, 0.2) is 28.3 Å². The minimum Gasteiger partial charge on any atom is -0.504 e. The van der Waals surface area contributed by atoms with Gasteiger partial charge in [0.25, 0.3) is 0 Å². The zero-order valence-corrected chi connectivity index (χ0v) is 19.9. The lowest BCUT2D eigenvalue weighted by Gasteiger charge is -2.39. The van der Waals surface area contributed by atoms with Crippen LogP contribution in [0.5, 0.6) is 34.5 Å². The topological polar surface area (TPSA) is 198 Å². The number of phenolic OH excluding ortho intramolecular Hbond substituents is 2. The van der Waals surface area contributed by atoms with Crippen LogP contribution in [0, 0.1) is 0 Å². The third kappa shape index (κ3) is 4.47. The Hall–Kier alpha value is -3.75. The summed E-state index contributed by atoms with van der Waals surface area (Å²) in [4.78, 5) is 12.9. The second kappa shape index (κ2) is 10.3. The fourth-order valence-electron chi connectivity index (χ4n) is 4.05. The summed E-state index contributed by atoms with van der Waals surface area (Å²) in [7, 11) is 3.78. The second-order valence-corrected chi connectivity index (χ2v) is 8.12. The SMILES string of the molecule is COc1cc(-c2cc(=O)c3c(O)c(OC)c(O)c(OC)c3o2)ccc1O[C@@H]1OC(CO)[C@@H](O)C(O)C1O. The van der Waals surface area contributed by atoms with Crippen molar-refractivity contribution in [1.29, 1.82) is 0 Å². The summed E-state index contributed by atoms with van der Waals surface area (Å²) >= 11 is 0. The van der Waals surface area contributed by atoms with Gasteiger partial charge < -0.3 is 58.7 Å². The summed E-state index contributed by atoms with van der Waals surface area (Å²) in [5.41, 5.74) is -0.541. The lowest BCUT2D eigenvalue weighted by molar-refractivity contribution is -0.277. The lowest BCUT2D eigenvalue weighted by Crippen LogP contribution is -2.60. The molecule has 5 atom stereocenters. The average molecular weight is 522 g/mol. The van der Waals surface area contributed by atoms with Crippen LogP contribution in [0.1, 0.15) is 0 Å². The molecule has 13 heteroatoms. The molecular formula is C24H26O13. The van der Waals surface area contributed by atoms with Crippen LogP contribution in [0.25, 0.3) is 22.3 Å². The first-order valence-corrected chi connectivity index (χ1v) is 11.0. The number of aliphatic hydroxyl groups is 4. The highest BCUT2D eigenvalue weighted by molar-refractivity contribution is 5.95. The molecule has 1 aromatic heterocycles. The van der Waals surface area contributed by atoms with Crippen LogP contribution >= 0.6 is 0 Å². The van der Waals surface area contributed by atoms with E-state index in [1.807, 2.05) is 0 Å². The van der Waals surface area contributed by atoms with Crippen LogP contribution in [0.4, 0.5) is 0 Å². The van der Waals surface area contributed by atoms with Crippen LogP contribution < -0.4 is 24.4 Å². The molecule has 6 N–H and O–H groups in total. The molecule has 4 rings (SSSR count). The molecule has 2 aromatic carbocycles. The molecule has 3 aromatic rings. The van der Waals surface area contributed by atoms with Gasteiger partial charge in [0.05, 0.1) is 27.9 Å². The first-order chi connectivity index (χ1) is 17.7. The van der Waals surface area contributed by atoms with Crippen molar-refractivity contribution in [2.24, 2.45) is 0 Å². The summed E-state index contributed by atoms with van der Waals surface area (Å²) in [6, 6.07) is 5.46. The van der Waals surface area contributed by atoms with Crippen molar-refractivity contribution in [3.63, 3.8) is 0 Å². The minimum atomic E-state index is -1.63. The van der Waals surface area contributed by atoms with Crippen molar-refractivity contribution in [2.75, 3.05) is 27.9 Å². The lowest BCUT2D eigenvalue weighted by atomic mass is 9.99. The number of fused-ring (bicyclic) bond motifs is 1. The Balaban J connectivity index is 1.74. The van der Waals surface area contributed by atoms with E-state index in [0.717, 1.165) is 6.07 Å². The van der Waals surface area contributed by atoms with Gasteiger partial charge in [0, 0.05) is 11.6 Å². The summed E-state index contributed by atoms with van der Waals surface area (Å²) < 4.78 is 32.3. The van der Waals surface area contributed by atoms with Crippen LogP contribution in [-0.4, -0.2) is 89.3 Å². The molecule has 3 unspecified atom stereocenters. The quantitative estimate of drug-likeness (QED) is 0.244. The molecule has 1 fully saturated rings. The highest BCUT2D eigenvalue weighted by Crippen LogP contribution is 2.49. The fourth-order valence-corrected chi connectivity index (χ4v) is 4.05. The van der Waals surface area contributed by atoms with Crippen molar-refractivity contribution in [3.8, 4) is 45.8 Å². The number of hydrogen-bond donors (Lipinski definition) is 6. The van der Waals surface area contributed by atoms with Gasteiger partial charge in [-0.25, -0.2) is 0 Å². The third-order valence-electron chi connectivity index (χ3n) is 5.98. The number of aromatic hydroxyl groups is 2. The van der Waals surface area contributed by atoms with Gasteiger partial charge in [-0.2, -0.15) is 0 Å². The van der Waals surface area contributed by atoms with E-state index in [1.54, 1.807) is 0 Å². The minimum absolute atomic E-state index is 0.0254. The van der Waals surface area contributed by atoms with Crippen LogP contribution in [0.3, 0.4) is 0 Å². The Kier molecular flexibility index (Phi) is 7.34. The van der Waals surface area contributed by atoms with Crippen LogP contribution in [0.15, 0.2) is 33.5 Å². The zero-order valence-electron chi connectivity index (χ0n) is 19.9. The molecular weight excluding hydrogens is 496 g/mol. The Morgan fingerprint density at radius 1 is 0.865 bits per heavy atom. The normalized spacial score (nSPS) is 23.6. The Morgan fingerprint density at radius 3 is 2.19 bits per heavy atom. The summed E-state index contributed by atoms with van der Waals surface area (Å²) in [6.07, 6.45) is -7.42. The summed E-state index contributed by atoms with van der Waals surface area (Å²) in [6.45, 7) is -0.623. The molecule has 1 aliphatic heterocycles. The highest BCUT2D eigenvalue weighted by atomic mass is 16.7. The van der Waals surface area contributed by atoms with Crippen molar-refractivity contribution in [1.82, 2.24) is 0 Å². The number of rotatable bonds is 7. The third-order valence-corrected chi connectivity index (χ3v) is 5.98. The Labute approximate surface area is 209 Å². The molecule has 37 heavy (non-hydrogen) atoms. The molecule has 2 heterocycles. The molecule has 0 aliphatic carbocycles. The molecule has 0 amide bonds. The van der Waals surface area contributed by atoms with E-state index in [2.05, 4.69) is 0 Å². The zero-order chi connectivity index (χ0) is 27.0. The molecule has 13 nitrogen and oxygen atoms in total. The number of phenols is 2. The highest BCUT2D eigenvalue weighted by Gasteiger charge is 2.45. The Morgan fingerprint density at radius 2 is 1.57 bits per heavy atom. The first kappa shape index (κ1) is 26.3. The number of aliphatic hydroxyl groups excluding tert-OH is 4. The molecule has 0 spiro atoms. The van der Waals surface area contributed by atoms with Gasteiger partial charge >= 0.3 is 0 Å². The molecule has 0 radical (unpaired) electrons. The van der Waals surface area contributed by atoms with E-state index < -0.39 is 54.2 Å². The summed E-state index contributed by atoms with van der Waals surface area (Å²) in [5.74, 6) is -1.54. The number of hydrogen-bond acceptors (Lipinski definition) is 13. The summed E-state index contributed by atoms with van der Waals surface area (Å²) in [5, 5.41) is 60.1. The van der Waals surface area contributed by atoms with Gasteiger partial charge in [0.1, 0.15) is 35.6 Å². The van der Waals surface area contributed by atoms with E-state index in [0.29, 0.717) is 5.56 Å². The standard InChI is InChI=1S/C24H26O13/c1-32-13-6-9(4-5-11(13)36-24-19(30)18(29)16(27)14(8-25)37-24)12-7-10(26)15-17(28)22(33-2)20(31)23(34-3)21(15)35-12/h4-7,14,16,18-19,24-25,27-31H,8H2,1-3H3/t14?,16-,18?,19?,24-/m1/s1. The van der Waals surface area contributed by atoms with Gasteiger partial charge in [-0.3, -0.25) is 4.79 Å². The van der Waals surface area contributed by atoms with Crippen LogP contribution in [0.2, 0.25) is 0 Å². The van der Waals surface area contributed by atoms with Gasteiger partial charge in [0.2, 0.25) is 23.5 Å². The van der Waals surface area contributed by atoms with Crippen LogP contribution in [-0.2, 0) is 4.74 Å². The molecule has 1 aliphatic rings. The number of benzene rings is 2. The molecule has 200 valence electrons. The predicted molar refractivity (Wildman–Crippen MR) is 125 cm³/mol. The largest absolute Gasteiger partial charge is 0.504 e. The molecule has 1 saturated heterocycles. The maximum absolute atomic E-state index is 12.9. The van der Waals surface area contributed by atoms with Gasteiger partial charge in [-0.1, -0.05) is 0 Å². The monoisotopic (exact) mass is 522 g/mol. The Bertz CT molecular complexity index is 1350. The van der Waals surface area contributed by atoms with E-state index in [4.69, 9.17) is 28.1 Å². The maximum atomic E-state index is 12.9.